The van der Waals surface area contributed by atoms with Gasteiger partial charge in [-0.15, -0.1) is 11.8 Å². The molecule has 0 fully saturated rings. The molecule has 1 aromatic heterocycles. The Labute approximate surface area is 126 Å². The van der Waals surface area contributed by atoms with E-state index < -0.39 is 0 Å². The number of ether oxygens (including phenoxy) is 1. The fourth-order valence-electron chi connectivity index (χ4n) is 1.51. The Bertz CT molecular complexity index is 566. The van der Waals surface area contributed by atoms with E-state index in [2.05, 4.69) is 9.97 Å². The Balaban J connectivity index is 2.06. The lowest BCUT2D eigenvalue weighted by atomic mass is 10.4. The third-order valence-electron chi connectivity index (χ3n) is 2.25. The van der Waals surface area contributed by atoms with Gasteiger partial charge >= 0.3 is 0 Å². The largest absolute Gasteiger partial charge is 0.378 e. The molecular weight excluding hydrogens is 303 g/mol. The molecule has 0 bridgehead atoms. The van der Waals surface area contributed by atoms with Crippen molar-refractivity contribution in [1.29, 1.82) is 0 Å². The van der Waals surface area contributed by atoms with E-state index in [4.69, 9.17) is 27.9 Å². The molecule has 100 valence electrons. The summed E-state index contributed by atoms with van der Waals surface area (Å²) in [5.41, 5.74) is 0.782. The number of hydrogen-bond acceptors (Lipinski definition) is 4. The first-order valence-corrected chi connectivity index (χ1v) is 7.31. The number of halogens is 2. The molecule has 1 aromatic carbocycles. The fraction of sp³-hybridized carbons (Fsp3) is 0.231. The minimum Gasteiger partial charge on any atom is -0.378 e. The van der Waals surface area contributed by atoms with Gasteiger partial charge in [0, 0.05) is 17.0 Å². The molecule has 0 radical (unpaired) electrons. The third kappa shape index (κ3) is 4.66. The number of nitrogens with zero attached hydrogens (tertiary/aromatic N) is 2. The first-order chi connectivity index (χ1) is 9.17. The lowest BCUT2D eigenvalue weighted by Gasteiger charge is -2.05. The zero-order valence-electron chi connectivity index (χ0n) is 10.3. The molecule has 2 rings (SSSR count). The summed E-state index contributed by atoms with van der Waals surface area (Å²) in [6, 6.07) is 9.38. The van der Waals surface area contributed by atoms with E-state index in [-0.39, 0.29) is 0 Å². The number of aromatic nitrogens is 2. The average molecular weight is 315 g/mol. The van der Waals surface area contributed by atoms with Gasteiger partial charge in [-0.3, -0.25) is 0 Å². The van der Waals surface area contributed by atoms with E-state index in [1.54, 1.807) is 24.9 Å². The number of methoxy groups -OCH3 is 1. The van der Waals surface area contributed by atoms with Crippen molar-refractivity contribution in [1.82, 2.24) is 9.97 Å². The molecule has 0 atom stereocenters. The monoisotopic (exact) mass is 314 g/mol. The van der Waals surface area contributed by atoms with Gasteiger partial charge in [-0.05, 0) is 24.3 Å². The first-order valence-electron chi connectivity index (χ1n) is 5.57. The Morgan fingerprint density at radius 3 is 2.79 bits per heavy atom. The predicted molar refractivity (Wildman–Crippen MR) is 78.8 cm³/mol. The van der Waals surface area contributed by atoms with Crippen molar-refractivity contribution < 1.29 is 4.74 Å². The second-order valence-electron chi connectivity index (χ2n) is 3.78. The number of thioether (sulfide) groups is 1. The van der Waals surface area contributed by atoms with Gasteiger partial charge in [0.05, 0.1) is 18.1 Å². The van der Waals surface area contributed by atoms with Crippen LogP contribution in [0, 0.1) is 0 Å². The van der Waals surface area contributed by atoms with E-state index in [0.29, 0.717) is 23.3 Å². The van der Waals surface area contributed by atoms with Gasteiger partial charge in [0.1, 0.15) is 11.0 Å². The molecule has 0 aliphatic heterocycles. The molecule has 19 heavy (non-hydrogen) atoms. The maximum absolute atomic E-state index is 5.96. The molecule has 0 N–H and O–H groups in total. The molecule has 2 aromatic rings. The van der Waals surface area contributed by atoms with E-state index in [9.17, 15) is 0 Å². The van der Waals surface area contributed by atoms with Crippen LogP contribution < -0.4 is 0 Å². The molecule has 3 nitrogen and oxygen atoms in total. The van der Waals surface area contributed by atoms with Crippen molar-refractivity contribution in [2.24, 2.45) is 0 Å². The maximum Gasteiger partial charge on any atom is 0.140 e. The summed E-state index contributed by atoms with van der Waals surface area (Å²) < 4.78 is 5.04. The number of hydrogen-bond donors (Lipinski definition) is 0. The van der Waals surface area contributed by atoms with Crippen LogP contribution in [0.4, 0.5) is 0 Å². The highest BCUT2D eigenvalue weighted by atomic mass is 35.5. The summed E-state index contributed by atoms with van der Waals surface area (Å²) in [7, 11) is 1.62. The SMILES string of the molecule is COCc1cc(Cl)nc(CSc2cccc(Cl)c2)n1. The molecule has 0 aliphatic carbocycles. The molecule has 1 heterocycles. The average Bonchev–Trinajstić information content (AvgIpc) is 2.36. The van der Waals surface area contributed by atoms with Gasteiger partial charge in [0.15, 0.2) is 0 Å². The predicted octanol–water partition coefficient (Wildman–Crippen LogP) is 4.22. The topological polar surface area (TPSA) is 35.0 Å². The Hall–Kier alpha value is -0.810. The molecule has 6 heteroatoms. The Kier molecular flexibility index (Phi) is 5.45. The highest BCUT2D eigenvalue weighted by molar-refractivity contribution is 7.98. The standard InChI is InChI=1S/C13H12Cl2N2OS/c1-18-7-10-6-12(15)17-13(16-10)8-19-11-4-2-3-9(14)5-11/h2-6H,7-8H2,1H3. The van der Waals surface area contributed by atoms with Gasteiger partial charge in [0.2, 0.25) is 0 Å². The van der Waals surface area contributed by atoms with Gasteiger partial charge in [0.25, 0.3) is 0 Å². The van der Waals surface area contributed by atoms with Crippen molar-refractivity contribution in [2.45, 2.75) is 17.3 Å². The lowest BCUT2D eigenvalue weighted by molar-refractivity contribution is 0.181. The fourth-order valence-corrected chi connectivity index (χ4v) is 2.80. The highest BCUT2D eigenvalue weighted by Gasteiger charge is 2.04. The van der Waals surface area contributed by atoms with Crippen LogP contribution in [0.15, 0.2) is 35.2 Å². The van der Waals surface area contributed by atoms with E-state index >= 15 is 0 Å². The van der Waals surface area contributed by atoms with Crippen molar-refractivity contribution in [3.63, 3.8) is 0 Å². The summed E-state index contributed by atoms with van der Waals surface area (Å²) >= 11 is 13.5. The van der Waals surface area contributed by atoms with Gasteiger partial charge in [-0.1, -0.05) is 29.3 Å². The van der Waals surface area contributed by atoms with Crippen LogP contribution in [-0.2, 0) is 17.1 Å². The molecule has 0 saturated heterocycles. The summed E-state index contributed by atoms with van der Waals surface area (Å²) in [6.07, 6.45) is 0. The molecule has 0 spiro atoms. The van der Waals surface area contributed by atoms with Crippen molar-refractivity contribution in [3.05, 3.63) is 52.0 Å². The molecule has 0 saturated carbocycles. The zero-order chi connectivity index (χ0) is 13.7. The van der Waals surface area contributed by atoms with Crippen LogP contribution in [0.5, 0.6) is 0 Å². The lowest BCUT2D eigenvalue weighted by Crippen LogP contribution is -1.99. The van der Waals surface area contributed by atoms with Gasteiger partial charge < -0.3 is 4.74 Å². The van der Waals surface area contributed by atoms with Crippen LogP contribution in [0.2, 0.25) is 10.2 Å². The molecule has 0 aliphatic rings. The van der Waals surface area contributed by atoms with E-state index in [1.807, 2.05) is 24.3 Å². The van der Waals surface area contributed by atoms with Crippen LogP contribution in [0.25, 0.3) is 0 Å². The molecular formula is C13H12Cl2N2OS. The van der Waals surface area contributed by atoms with Crippen molar-refractivity contribution in [2.75, 3.05) is 7.11 Å². The summed E-state index contributed by atoms with van der Waals surface area (Å²) in [4.78, 5) is 9.66. The minimum atomic E-state index is 0.428. The minimum absolute atomic E-state index is 0.428. The van der Waals surface area contributed by atoms with Crippen molar-refractivity contribution >= 4 is 35.0 Å². The van der Waals surface area contributed by atoms with E-state index in [0.717, 1.165) is 15.6 Å². The quantitative estimate of drug-likeness (QED) is 0.611. The normalized spacial score (nSPS) is 10.7. The zero-order valence-corrected chi connectivity index (χ0v) is 12.6. The molecule has 0 unspecified atom stereocenters. The number of benzene rings is 1. The molecule has 0 amide bonds. The second-order valence-corrected chi connectivity index (χ2v) is 5.65. The number of rotatable bonds is 5. The van der Waals surface area contributed by atoms with E-state index in [1.165, 1.54) is 0 Å². The summed E-state index contributed by atoms with van der Waals surface area (Å²) in [6.45, 7) is 0.428. The van der Waals surface area contributed by atoms with Crippen LogP contribution in [0.3, 0.4) is 0 Å². The van der Waals surface area contributed by atoms with Crippen LogP contribution in [-0.4, -0.2) is 17.1 Å². The Morgan fingerprint density at radius 2 is 2.05 bits per heavy atom. The summed E-state index contributed by atoms with van der Waals surface area (Å²) in [5, 5.41) is 1.15. The third-order valence-corrected chi connectivity index (χ3v) is 3.67. The maximum atomic E-state index is 5.96. The Morgan fingerprint density at radius 1 is 1.21 bits per heavy atom. The smallest absolute Gasteiger partial charge is 0.140 e. The van der Waals surface area contributed by atoms with Gasteiger partial charge in [-0.2, -0.15) is 0 Å². The van der Waals surface area contributed by atoms with Crippen LogP contribution >= 0.6 is 35.0 Å². The van der Waals surface area contributed by atoms with Crippen LogP contribution in [0.1, 0.15) is 11.5 Å². The second kappa shape index (κ2) is 7.10. The highest BCUT2D eigenvalue weighted by Crippen LogP contribution is 2.24. The summed E-state index contributed by atoms with van der Waals surface area (Å²) in [5.74, 6) is 1.32. The first kappa shape index (κ1) is 14.6. The van der Waals surface area contributed by atoms with Gasteiger partial charge in [-0.25, -0.2) is 9.97 Å². The van der Waals surface area contributed by atoms with Crippen molar-refractivity contribution in [3.8, 4) is 0 Å².